The summed E-state index contributed by atoms with van der Waals surface area (Å²) in [4.78, 5) is 15.0. The smallest absolute Gasteiger partial charge is 0.303 e. The normalized spacial score (nSPS) is 10.1. The van der Waals surface area contributed by atoms with Gasteiger partial charge in [0.25, 0.3) is 0 Å². The van der Waals surface area contributed by atoms with E-state index in [9.17, 15) is 4.79 Å². The van der Waals surface area contributed by atoms with Crippen LogP contribution in [0.4, 0.5) is 0 Å². The third-order valence-electron chi connectivity index (χ3n) is 2.38. The summed E-state index contributed by atoms with van der Waals surface area (Å²) in [6, 6.07) is 0. The van der Waals surface area contributed by atoms with E-state index in [-0.39, 0.29) is 12.6 Å². The van der Waals surface area contributed by atoms with Gasteiger partial charge >= 0.3 is 5.97 Å². The molecule has 5 heteroatoms. The predicted octanol–water partition coefficient (Wildman–Crippen LogP) is 1.61. The molecule has 0 saturated heterocycles. The Hall–Kier alpha value is -1.62. The maximum atomic E-state index is 10.8. The zero-order chi connectivity index (χ0) is 12.8. The van der Waals surface area contributed by atoms with E-state index in [1.165, 1.54) is 6.92 Å². The second kappa shape index (κ2) is 6.20. The Kier molecular flexibility index (Phi) is 4.90. The highest BCUT2D eigenvalue weighted by atomic mass is 16.5. The first-order chi connectivity index (χ1) is 8.10. The van der Waals surface area contributed by atoms with Gasteiger partial charge in [-0.25, -0.2) is 0 Å². The lowest BCUT2D eigenvalue weighted by molar-refractivity contribution is -0.142. The van der Waals surface area contributed by atoms with Crippen molar-refractivity contribution in [2.45, 2.75) is 27.1 Å². The summed E-state index contributed by atoms with van der Waals surface area (Å²) in [6.07, 6.45) is 1.71. The minimum Gasteiger partial charge on any atom is -0.494 e. The fraction of sp³-hybridized carbons (Fsp3) is 0.500. The van der Waals surface area contributed by atoms with Crippen molar-refractivity contribution < 1.29 is 19.0 Å². The van der Waals surface area contributed by atoms with Gasteiger partial charge in [0.15, 0.2) is 0 Å². The number of esters is 1. The molecular weight excluding hydrogens is 222 g/mol. The van der Waals surface area contributed by atoms with Crippen molar-refractivity contribution in [2.75, 3.05) is 14.2 Å². The van der Waals surface area contributed by atoms with Crippen LogP contribution in [0.3, 0.4) is 0 Å². The molecule has 0 fully saturated rings. The Labute approximate surface area is 101 Å². The Balaban J connectivity index is 2.98. The third-order valence-corrected chi connectivity index (χ3v) is 2.38. The summed E-state index contributed by atoms with van der Waals surface area (Å²) < 4.78 is 15.3. The van der Waals surface area contributed by atoms with Gasteiger partial charge in [-0.15, -0.1) is 0 Å². The third kappa shape index (κ3) is 3.42. The van der Waals surface area contributed by atoms with Gasteiger partial charge in [0.2, 0.25) is 0 Å². The fourth-order valence-corrected chi connectivity index (χ4v) is 1.52. The summed E-state index contributed by atoms with van der Waals surface area (Å²) in [6.45, 7) is 3.88. The van der Waals surface area contributed by atoms with Crippen LogP contribution in [0.1, 0.15) is 23.7 Å². The van der Waals surface area contributed by atoms with Crippen LogP contribution in [0.15, 0.2) is 6.20 Å². The minimum absolute atomic E-state index is 0.118. The van der Waals surface area contributed by atoms with Gasteiger partial charge in [-0.2, -0.15) is 0 Å². The number of hydrogen-bond acceptors (Lipinski definition) is 5. The first-order valence-electron chi connectivity index (χ1n) is 5.23. The van der Waals surface area contributed by atoms with Gasteiger partial charge in [0.05, 0.1) is 13.7 Å². The maximum absolute atomic E-state index is 10.8. The molecule has 94 valence electrons. The van der Waals surface area contributed by atoms with Gasteiger partial charge < -0.3 is 14.2 Å². The SMILES string of the molecule is COCc1cnc(COC(C)=O)c(OC)c1C. The van der Waals surface area contributed by atoms with E-state index in [2.05, 4.69) is 4.98 Å². The second-order valence-electron chi connectivity index (χ2n) is 3.60. The molecule has 0 spiro atoms. The number of methoxy groups -OCH3 is 2. The quantitative estimate of drug-likeness (QED) is 0.730. The molecule has 0 aromatic carbocycles. The molecule has 5 nitrogen and oxygen atoms in total. The maximum Gasteiger partial charge on any atom is 0.303 e. The molecule has 0 unspecified atom stereocenters. The molecule has 0 bridgehead atoms. The van der Waals surface area contributed by atoms with E-state index < -0.39 is 0 Å². The average Bonchev–Trinajstić information content (AvgIpc) is 2.29. The first kappa shape index (κ1) is 13.4. The molecule has 1 heterocycles. The van der Waals surface area contributed by atoms with Crippen LogP contribution in [0.5, 0.6) is 5.75 Å². The van der Waals surface area contributed by atoms with E-state index in [0.29, 0.717) is 18.1 Å². The number of hydrogen-bond donors (Lipinski definition) is 0. The lowest BCUT2D eigenvalue weighted by Gasteiger charge is -2.13. The molecule has 1 rings (SSSR count). The topological polar surface area (TPSA) is 57.7 Å². The zero-order valence-electron chi connectivity index (χ0n) is 10.6. The molecule has 0 aliphatic carbocycles. The van der Waals surface area contributed by atoms with Gasteiger partial charge in [0, 0.05) is 31.4 Å². The highest BCUT2D eigenvalue weighted by molar-refractivity contribution is 5.66. The van der Waals surface area contributed by atoms with Gasteiger partial charge in [0.1, 0.15) is 18.1 Å². The van der Waals surface area contributed by atoms with Crippen molar-refractivity contribution in [1.82, 2.24) is 4.98 Å². The van der Waals surface area contributed by atoms with Crippen LogP contribution < -0.4 is 4.74 Å². The van der Waals surface area contributed by atoms with Crippen LogP contribution >= 0.6 is 0 Å². The number of ether oxygens (including phenoxy) is 3. The number of nitrogens with zero attached hydrogens (tertiary/aromatic N) is 1. The number of pyridine rings is 1. The van der Waals surface area contributed by atoms with E-state index in [0.717, 1.165) is 11.1 Å². The van der Waals surface area contributed by atoms with Crippen molar-refractivity contribution in [3.8, 4) is 5.75 Å². The first-order valence-corrected chi connectivity index (χ1v) is 5.23. The highest BCUT2D eigenvalue weighted by Crippen LogP contribution is 2.25. The molecule has 0 N–H and O–H groups in total. The summed E-state index contributed by atoms with van der Waals surface area (Å²) in [5.74, 6) is 0.299. The predicted molar refractivity (Wildman–Crippen MR) is 61.7 cm³/mol. The van der Waals surface area contributed by atoms with Crippen molar-refractivity contribution in [3.63, 3.8) is 0 Å². The zero-order valence-corrected chi connectivity index (χ0v) is 10.6. The van der Waals surface area contributed by atoms with Crippen LogP contribution in [-0.2, 0) is 27.5 Å². The molecule has 0 amide bonds. The molecule has 1 aromatic heterocycles. The van der Waals surface area contributed by atoms with E-state index in [1.54, 1.807) is 20.4 Å². The fourth-order valence-electron chi connectivity index (χ4n) is 1.52. The van der Waals surface area contributed by atoms with Gasteiger partial charge in [-0.05, 0) is 6.92 Å². The molecule has 1 aromatic rings. The summed E-state index contributed by atoms with van der Waals surface area (Å²) in [5, 5.41) is 0. The molecule has 0 aliphatic heterocycles. The van der Waals surface area contributed by atoms with Crippen LogP contribution in [0, 0.1) is 6.92 Å². The average molecular weight is 239 g/mol. The Bertz CT molecular complexity index is 404. The molecule has 17 heavy (non-hydrogen) atoms. The summed E-state index contributed by atoms with van der Waals surface area (Å²) in [7, 11) is 3.19. The van der Waals surface area contributed by atoms with Gasteiger partial charge in [-0.1, -0.05) is 0 Å². The molecule has 0 saturated carbocycles. The number of carbonyl (C=O) groups excluding carboxylic acids is 1. The lowest BCUT2D eigenvalue weighted by atomic mass is 10.1. The molecular formula is C12H17NO4. The van der Waals surface area contributed by atoms with Crippen LogP contribution in [0.25, 0.3) is 0 Å². The number of carbonyl (C=O) groups is 1. The van der Waals surface area contributed by atoms with E-state index >= 15 is 0 Å². The highest BCUT2D eigenvalue weighted by Gasteiger charge is 2.13. The minimum atomic E-state index is -0.340. The van der Waals surface area contributed by atoms with Crippen molar-refractivity contribution >= 4 is 5.97 Å². The molecule has 0 aliphatic rings. The molecule has 0 atom stereocenters. The van der Waals surface area contributed by atoms with E-state index in [4.69, 9.17) is 14.2 Å². The Morgan fingerprint density at radius 3 is 2.59 bits per heavy atom. The number of rotatable bonds is 5. The van der Waals surface area contributed by atoms with Crippen molar-refractivity contribution in [2.24, 2.45) is 0 Å². The van der Waals surface area contributed by atoms with E-state index in [1.807, 2.05) is 6.92 Å². The Morgan fingerprint density at radius 2 is 2.06 bits per heavy atom. The monoisotopic (exact) mass is 239 g/mol. The van der Waals surface area contributed by atoms with Crippen LogP contribution in [0.2, 0.25) is 0 Å². The van der Waals surface area contributed by atoms with Crippen LogP contribution in [-0.4, -0.2) is 25.2 Å². The summed E-state index contributed by atoms with van der Waals surface area (Å²) >= 11 is 0. The number of aromatic nitrogens is 1. The Morgan fingerprint density at radius 1 is 1.35 bits per heavy atom. The lowest BCUT2D eigenvalue weighted by Crippen LogP contribution is -2.06. The van der Waals surface area contributed by atoms with Gasteiger partial charge in [-0.3, -0.25) is 9.78 Å². The van der Waals surface area contributed by atoms with Crippen molar-refractivity contribution in [1.29, 1.82) is 0 Å². The standard InChI is InChI=1S/C12H17NO4/c1-8-10(6-15-3)5-13-11(12(8)16-4)7-17-9(2)14/h5H,6-7H2,1-4H3. The second-order valence-corrected chi connectivity index (χ2v) is 3.60. The largest absolute Gasteiger partial charge is 0.494 e. The molecule has 0 radical (unpaired) electrons. The van der Waals surface area contributed by atoms with Crippen molar-refractivity contribution in [3.05, 3.63) is 23.0 Å². The summed E-state index contributed by atoms with van der Waals surface area (Å²) in [5.41, 5.74) is 2.52.